The van der Waals surface area contributed by atoms with E-state index in [0.29, 0.717) is 11.3 Å². The largest absolute Gasteiger partial charge is 0.321 e. The average Bonchev–Trinajstić information content (AvgIpc) is 2.89. The molecule has 0 saturated carbocycles. The molecule has 1 aliphatic rings. The molecule has 28 heavy (non-hydrogen) atoms. The number of aryl methyl sites for hydroxylation is 1. The van der Waals surface area contributed by atoms with Gasteiger partial charge in [0, 0.05) is 11.1 Å². The third-order valence-corrected chi connectivity index (χ3v) is 4.84. The number of carbonyl (C=O) groups excluding carboxylic acids is 3. The number of carbonyl (C=O) groups is 3. The zero-order valence-electron chi connectivity index (χ0n) is 16.4. The molecule has 3 rings (SSSR count). The van der Waals surface area contributed by atoms with Crippen LogP contribution in [0.2, 0.25) is 0 Å². The molecule has 1 aliphatic heterocycles. The first-order valence-corrected chi connectivity index (χ1v) is 9.13. The van der Waals surface area contributed by atoms with Gasteiger partial charge in [0.2, 0.25) is 5.91 Å². The van der Waals surface area contributed by atoms with Crippen molar-refractivity contribution < 1.29 is 18.8 Å². The highest BCUT2D eigenvalue weighted by Crippen LogP contribution is 2.31. The number of amides is 3. The first-order valence-electron chi connectivity index (χ1n) is 9.13. The van der Waals surface area contributed by atoms with Gasteiger partial charge in [-0.2, -0.15) is 0 Å². The minimum atomic E-state index is -0.912. The fourth-order valence-electron chi connectivity index (χ4n) is 3.54. The third kappa shape index (κ3) is 3.54. The number of rotatable bonds is 3. The molecule has 1 fully saturated rings. The lowest BCUT2D eigenvalue weighted by Gasteiger charge is -2.39. The first kappa shape index (κ1) is 19.7. The van der Waals surface area contributed by atoms with Crippen LogP contribution in [-0.2, 0) is 9.59 Å². The molecule has 3 amide bonds. The van der Waals surface area contributed by atoms with E-state index in [1.807, 2.05) is 39.8 Å². The van der Waals surface area contributed by atoms with Crippen LogP contribution in [-0.4, -0.2) is 34.2 Å². The predicted octanol–water partition coefficient (Wildman–Crippen LogP) is 3.71. The van der Waals surface area contributed by atoms with Crippen molar-refractivity contribution >= 4 is 23.4 Å². The minimum Gasteiger partial charge on any atom is -0.321 e. The van der Waals surface area contributed by atoms with E-state index in [0.717, 1.165) is 10.5 Å². The Morgan fingerprint density at radius 2 is 1.68 bits per heavy atom. The van der Waals surface area contributed by atoms with Crippen LogP contribution in [0, 0.1) is 12.7 Å². The van der Waals surface area contributed by atoms with Crippen LogP contribution in [0.3, 0.4) is 0 Å². The van der Waals surface area contributed by atoms with Gasteiger partial charge in [-0.05, 0) is 63.6 Å². The summed E-state index contributed by atoms with van der Waals surface area (Å²) in [5.74, 6) is -1.63. The Labute approximate surface area is 163 Å². The Morgan fingerprint density at radius 1 is 1.07 bits per heavy atom. The van der Waals surface area contributed by atoms with Crippen molar-refractivity contribution in [3.8, 4) is 0 Å². The molecule has 5 nitrogen and oxygen atoms in total. The normalized spacial score (nSPS) is 17.2. The Balaban J connectivity index is 1.99. The maximum Gasteiger partial charge on any atom is 0.257 e. The van der Waals surface area contributed by atoms with Crippen molar-refractivity contribution in [2.75, 3.05) is 4.90 Å². The molecule has 1 saturated heterocycles. The van der Waals surface area contributed by atoms with Crippen molar-refractivity contribution in [2.45, 2.75) is 45.7 Å². The smallest absolute Gasteiger partial charge is 0.257 e. The summed E-state index contributed by atoms with van der Waals surface area (Å²) in [5, 5.41) is 0. The molecule has 0 N–H and O–H groups in total. The van der Waals surface area contributed by atoms with E-state index < -0.39 is 29.2 Å². The third-order valence-electron chi connectivity index (χ3n) is 4.84. The summed E-state index contributed by atoms with van der Waals surface area (Å²) in [7, 11) is 0. The zero-order valence-corrected chi connectivity index (χ0v) is 16.4. The lowest BCUT2D eigenvalue weighted by atomic mass is 9.98. The summed E-state index contributed by atoms with van der Waals surface area (Å²) in [4.78, 5) is 41.6. The van der Waals surface area contributed by atoms with E-state index >= 15 is 0 Å². The fraction of sp³-hybridized carbons (Fsp3) is 0.318. The highest BCUT2D eigenvalue weighted by molar-refractivity contribution is 6.23. The van der Waals surface area contributed by atoms with E-state index in [-0.39, 0.29) is 12.3 Å². The zero-order chi connectivity index (χ0) is 20.6. The molecular weight excluding hydrogens is 359 g/mol. The Morgan fingerprint density at radius 3 is 2.25 bits per heavy atom. The minimum absolute atomic E-state index is 0.106. The van der Waals surface area contributed by atoms with Crippen LogP contribution in [0.25, 0.3) is 0 Å². The summed E-state index contributed by atoms with van der Waals surface area (Å²) in [6.45, 7) is 7.34. The quantitative estimate of drug-likeness (QED) is 0.761. The topological polar surface area (TPSA) is 57.7 Å². The molecule has 0 radical (unpaired) electrons. The predicted molar refractivity (Wildman–Crippen MR) is 104 cm³/mol. The number of benzene rings is 2. The molecule has 0 bridgehead atoms. The van der Waals surface area contributed by atoms with Crippen LogP contribution in [0.15, 0.2) is 48.5 Å². The number of hydrogen-bond acceptors (Lipinski definition) is 3. The molecule has 146 valence electrons. The Bertz CT molecular complexity index is 932. The lowest BCUT2D eigenvalue weighted by Crippen LogP contribution is -2.54. The standard InChI is InChI=1S/C22H23FN2O3/c1-14-7-5-6-8-17(14)20(27)25(22(2,3)4)18-13-19(26)24(21(18)28)16-11-9-15(23)10-12-16/h5-12,18H,13H2,1-4H3. The molecule has 6 heteroatoms. The van der Waals surface area contributed by atoms with E-state index in [1.54, 1.807) is 12.1 Å². The van der Waals surface area contributed by atoms with Gasteiger partial charge in [-0.3, -0.25) is 14.4 Å². The molecule has 1 atom stereocenters. The summed E-state index contributed by atoms with van der Waals surface area (Å²) in [5.41, 5.74) is 0.918. The maximum absolute atomic E-state index is 13.3. The van der Waals surface area contributed by atoms with Crippen molar-refractivity contribution in [2.24, 2.45) is 0 Å². The molecule has 1 heterocycles. The summed E-state index contributed by atoms with van der Waals surface area (Å²) >= 11 is 0. The number of anilines is 1. The van der Waals surface area contributed by atoms with Gasteiger partial charge >= 0.3 is 0 Å². The number of nitrogens with zero attached hydrogens (tertiary/aromatic N) is 2. The van der Waals surface area contributed by atoms with Crippen molar-refractivity contribution in [1.29, 1.82) is 0 Å². The van der Waals surface area contributed by atoms with Crippen molar-refractivity contribution in [1.82, 2.24) is 4.90 Å². The van der Waals surface area contributed by atoms with Crippen LogP contribution >= 0.6 is 0 Å². The van der Waals surface area contributed by atoms with E-state index in [1.165, 1.54) is 29.2 Å². The monoisotopic (exact) mass is 382 g/mol. The SMILES string of the molecule is Cc1ccccc1C(=O)N(C1CC(=O)N(c2ccc(F)cc2)C1=O)C(C)(C)C. The molecule has 0 aromatic heterocycles. The van der Waals surface area contributed by atoms with Crippen LogP contribution in [0.4, 0.5) is 10.1 Å². The summed E-state index contributed by atoms with van der Waals surface area (Å²) in [6.07, 6.45) is -0.106. The lowest BCUT2D eigenvalue weighted by molar-refractivity contribution is -0.123. The molecular formula is C22H23FN2O3. The van der Waals surface area contributed by atoms with Crippen molar-refractivity contribution in [3.05, 3.63) is 65.5 Å². The van der Waals surface area contributed by atoms with Crippen molar-refractivity contribution in [3.63, 3.8) is 0 Å². The Kier molecular flexibility index (Phi) is 5.06. The van der Waals surface area contributed by atoms with Gasteiger partial charge in [0.05, 0.1) is 12.1 Å². The van der Waals surface area contributed by atoms with Crippen LogP contribution < -0.4 is 4.90 Å². The van der Waals surface area contributed by atoms with Gasteiger partial charge in [0.25, 0.3) is 11.8 Å². The summed E-state index contributed by atoms with van der Waals surface area (Å²) < 4.78 is 13.2. The number of hydrogen-bond donors (Lipinski definition) is 0. The number of halogens is 1. The summed E-state index contributed by atoms with van der Waals surface area (Å²) in [6, 6.07) is 11.4. The van der Waals surface area contributed by atoms with E-state index in [2.05, 4.69) is 0 Å². The second kappa shape index (κ2) is 7.19. The second-order valence-corrected chi connectivity index (χ2v) is 7.92. The molecule has 1 unspecified atom stereocenters. The highest BCUT2D eigenvalue weighted by atomic mass is 19.1. The van der Waals surface area contributed by atoms with Crippen LogP contribution in [0.1, 0.15) is 43.1 Å². The molecule has 2 aromatic carbocycles. The first-order chi connectivity index (χ1) is 13.1. The Hall–Kier alpha value is -3.02. The van der Waals surface area contributed by atoms with Gasteiger partial charge in [0.15, 0.2) is 0 Å². The average molecular weight is 382 g/mol. The number of imide groups is 1. The fourth-order valence-corrected chi connectivity index (χ4v) is 3.54. The van der Waals surface area contributed by atoms with Gasteiger partial charge in [-0.25, -0.2) is 9.29 Å². The molecule has 0 aliphatic carbocycles. The van der Waals surface area contributed by atoms with Gasteiger partial charge < -0.3 is 4.90 Å². The van der Waals surface area contributed by atoms with Crippen LogP contribution in [0.5, 0.6) is 0 Å². The maximum atomic E-state index is 13.3. The van der Waals surface area contributed by atoms with Gasteiger partial charge in [0.1, 0.15) is 11.9 Å². The second-order valence-electron chi connectivity index (χ2n) is 7.92. The molecule has 2 aromatic rings. The van der Waals surface area contributed by atoms with E-state index in [9.17, 15) is 18.8 Å². The molecule has 0 spiro atoms. The van der Waals surface area contributed by atoms with Gasteiger partial charge in [-0.1, -0.05) is 18.2 Å². The highest BCUT2D eigenvalue weighted by Gasteiger charge is 2.47. The van der Waals surface area contributed by atoms with Gasteiger partial charge in [-0.15, -0.1) is 0 Å². The van der Waals surface area contributed by atoms with E-state index in [4.69, 9.17) is 0 Å².